The van der Waals surface area contributed by atoms with Crippen molar-refractivity contribution in [2.75, 3.05) is 0 Å². The molecule has 1 aliphatic rings. The summed E-state index contributed by atoms with van der Waals surface area (Å²) in [4.78, 5) is 0. The number of benzene rings is 1. The summed E-state index contributed by atoms with van der Waals surface area (Å²) >= 11 is 0. The summed E-state index contributed by atoms with van der Waals surface area (Å²) in [5, 5.41) is 2.72. The van der Waals surface area contributed by atoms with Gasteiger partial charge in [-0.3, -0.25) is 6.08 Å². The molecule has 1 atom stereocenters. The third-order valence-corrected chi connectivity index (χ3v) is 4.14. The van der Waals surface area contributed by atoms with Gasteiger partial charge in [0, 0.05) is 25.8 Å². The minimum atomic E-state index is 0. The van der Waals surface area contributed by atoms with Gasteiger partial charge in [-0.1, -0.05) is 39.7 Å². The Bertz CT molecular complexity index is 650. The molecule has 0 aliphatic heterocycles. The Morgan fingerprint density at radius 1 is 1.00 bits per heavy atom. The molecule has 0 bridgehead atoms. The summed E-state index contributed by atoms with van der Waals surface area (Å²) in [5.41, 5.74) is 5.62. The van der Waals surface area contributed by atoms with Crippen LogP contribution in [0, 0.1) is 18.9 Å². The first-order valence-corrected chi connectivity index (χ1v) is 6.89. The molecular formula is C19H24Cl2Hf-2. The molecule has 2 aromatic carbocycles. The van der Waals surface area contributed by atoms with E-state index >= 15 is 0 Å². The second kappa shape index (κ2) is 10.5. The third kappa shape index (κ3) is 5.44. The van der Waals surface area contributed by atoms with Crippen molar-refractivity contribution in [1.82, 2.24) is 0 Å². The van der Waals surface area contributed by atoms with Gasteiger partial charge < -0.3 is 0 Å². The Labute approximate surface area is 166 Å². The van der Waals surface area contributed by atoms with Crippen molar-refractivity contribution in [3.8, 4) is 0 Å². The Morgan fingerprint density at radius 2 is 1.59 bits per heavy atom. The van der Waals surface area contributed by atoms with Crippen LogP contribution in [0.2, 0.25) is 0 Å². The molecule has 120 valence electrons. The Morgan fingerprint density at radius 3 is 2.00 bits per heavy atom. The van der Waals surface area contributed by atoms with Crippen molar-refractivity contribution in [2.24, 2.45) is 5.92 Å². The van der Waals surface area contributed by atoms with E-state index in [1.165, 1.54) is 33.1 Å². The van der Waals surface area contributed by atoms with Crippen LogP contribution in [0.3, 0.4) is 0 Å². The molecule has 0 saturated heterocycles. The van der Waals surface area contributed by atoms with Crippen LogP contribution >= 0.6 is 24.8 Å². The van der Waals surface area contributed by atoms with Crippen molar-refractivity contribution in [2.45, 2.75) is 34.6 Å². The topological polar surface area (TPSA) is 0 Å². The smallest absolute Gasteiger partial charge is 0 e. The van der Waals surface area contributed by atoms with Crippen molar-refractivity contribution in [3.05, 3.63) is 64.8 Å². The number of hydrogen-bond donors (Lipinski definition) is 0. The van der Waals surface area contributed by atoms with E-state index in [4.69, 9.17) is 0 Å². The van der Waals surface area contributed by atoms with Crippen LogP contribution in [0.25, 0.3) is 10.8 Å². The van der Waals surface area contributed by atoms with Gasteiger partial charge in [-0.2, -0.15) is 23.3 Å². The van der Waals surface area contributed by atoms with E-state index < -0.39 is 0 Å². The van der Waals surface area contributed by atoms with Crippen LogP contribution in [-0.4, -0.2) is 0 Å². The maximum absolute atomic E-state index is 3.36. The number of rotatable bonds is 0. The van der Waals surface area contributed by atoms with Gasteiger partial charge in [-0.15, -0.1) is 66.3 Å². The van der Waals surface area contributed by atoms with E-state index in [0.29, 0.717) is 5.92 Å². The zero-order valence-electron chi connectivity index (χ0n) is 13.9. The number of hydrogen-bond acceptors (Lipinski definition) is 0. The Kier molecular flexibility index (Phi) is 11.5. The quantitative estimate of drug-likeness (QED) is 0.288. The Balaban J connectivity index is 0. The summed E-state index contributed by atoms with van der Waals surface area (Å²) in [6.07, 6.45) is 3.36. The molecule has 0 N–H and O–H groups in total. The molecule has 0 heterocycles. The normalized spacial score (nSPS) is 15.9. The van der Waals surface area contributed by atoms with Crippen molar-refractivity contribution < 1.29 is 25.8 Å². The molecule has 0 nitrogen and oxygen atoms in total. The summed E-state index contributed by atoms with van der Waals surface area (Å²) in [7, 11) is 0. The molecule has 0 spiro atoms. The number of allylic oxidation sites excluding steroid dienone is 4. The monoisotopic (exact) mass is 502 g/mol. The standard InChI is InChI=1S/C10H9.C9H13.2ClH.Hf/c1-8-6-7-9-4-2-3-5-10(8)9;1-6-5-7(2)9(4)8(6)3;;;/h2-7H,1H3;6H,1-4H3;2*1H;/q2*-1;;;. The maximum atomic E-state index is 3.36. The average molecular weight is 502 g/mol. The fourth-order valence-electron chi connectivity index (χ4n) is 2.47. The van der Waals surface area contributed by atoms with E-state index in [0.717, 1.165) is 0 Å². The molecular weight excluding hydrogens is 478 g/mol. The van der Waals surface area contributed by atoms with E-state index in [9.17, 15) is 0 Å². The van der Waals surface area contributed by atoms with Gasteiger partial charge in [-0.25, -0.2) is 5.57 Å². The van der Waals surface area contributed by atoms with Crippen LogP contribution < -0.4 is 0 Å². The van der Waals surface area contributed by atoms with Crippen molar-refractivity contribution >= 4 is 35.6 Å². The fourth-order valence-corrected chi connectivity index (χ4v) is 2.47. The SMILES string of the molecule is CC1=[C-]C(C)C(C)=C1C.C[c-]1ccc2ccccc21.Cl.Cl.[Hf]. The van der Waals surface area contributed by atoms with Crippen LogP contribution in [0.4, 0.5) is 0 Å². The predicted octanol–water partition coefficient (Wildman–Crippen LogP) is 6.43. The van der Waals surface area contributed by atoms with Crippen LogP contribution in [0.1, 0.15) is 33.3 Å². The van der Waals surface area contributed by atoms with Gasteiger partial charge >= 0.3 is 0 Å². The predicted molar refractivity (Wildman–Crippen MR) is 98.7 cm³/mol. The second-order valence-corrected chi connectivity index (χ2v) is 5.40. The first kappa shape index (κ1) is 24.0. The summed E-state index contributed by atoms with van der Waals surface area (Å²) in [6, 6.07) is 12.8. The molecule has 3 heteroatoms. The molecule has 22 heavy (non-hydrogen) atoms. The molecule has 0 saturated carbocycles. The van der Waals surface area contributed by atoms with Crippen molar-refractivity contribution in [3.63, 3.8) is 0 Å². The van der Waals surface area contributed by atoms with Gasteiger partial charge in [0.1, 0.15) is 0 Å². The third-order valence-electron chi connectivity index (χ3n) is 4.14. The first-order valence-electron chi connectivity index (χ1n) is 6.89. The Hall–Kier alpha value is -0.240. The van der Waals surface area contributed by atoms with Gasteiger partial charge in [0.2, 0.25) is 0 Å². The second-order valence-electron chi connectivity index (χ2n) is 5.40. The fraction of sp³-hybridized carbons (Fsp3) is 0.316. The number of fused-ring (bicyclic) bond motifs is 1. The molecule has 3 rings (SSSR count). The number of aryl methyl sites for hydroxylation is 1. The minimum Gasteiger partial charge on any atom is -0.266 e. The maximum Gasteiger partial charge on any atom is 0 e. The molecule has 0 aromatic heterocycles. The summed E-state index contributed by atoms with van der Waals surface area (Å²) in [6.45, 7) is 10.8. The van der Waals surface area contributed by atoms with Crippen LogP contribution in [0.15, 0.2) is 53.1 Å². The molecule has 1 aliphatic carbocycles. The van der Waals surface area contributed by atoms with Gasteiger partial charge in [0.25, 0.3) is 0 Å². The zero-order chi connectivity index (χ0) is 14.0. The van der Waals surface area contributed by atoms with Crippen LogP contribution in [0.5, 0.6) is 0 Å². The van der Waals surface area contributed by atoms with E-state index in [1.807, 2.05) is 0 Å². The van der Waals surface area contributed by atoms with Crippen LogP contribution in [-0.2, 0) is 25.8 Å². The van der Waals surface area contributed by atoms with E-state index in [2.05, 4.69) is 77.1 Å². The van der Waals surface area contributed by atoms with Gasteiger partial charge in [0.05, 0.1) is 0 Å². The zero-order valence-corrected chi connectivity index (χ0v) is 19.1. The van der Waals surface area contributed by atoms with Gasteiger partial charge in [-0.05, 0) is 0 Å². The summed E-state index contributed by atoms with van der Waals surface area (Å²) in [5.74, 6) is 0.560. The summed E-state index contributed by atoms with van der Waals surface area (Å²) < 4.78 is 0. The molecule has 2 aromatic rings. The molecule has 0 amide bonds. The number of halogens is 2. The molecule has 1 unspecified atom stereocenters. The largest absolute Gasteiger partial charge is 0.266 e. The van der Waals surface area contributed by atoms with E-state index in [-0.39, 0.29) is 50.7 Å². The molecule has 0 radical (unpaired) electrons. The molecule has 0 fully saturated rings. The van der Waals surface area contributed by atoms with Gasteiger partial charge in [0.15, 0.2) is 0 Å². The average Bonchev–Trinajstić information content (AvgIpc) is 2.88. The minimum absolute atomic E-state index is 0. The van der Waals surface area contributed by atoms with Crippen molar-refractivity contribution in [1.29, 1.82) is 0 Å². The first-order chi connectivity index (χ1) is 9.00. The van der Waals surface area contributed by atoms with E-state index in [1.54, 1.807) is 0 Å².